The van der Waals surface area contributed by atoms with Crippen molar-refractivity contribution in [3.63, 3.8) is 0 Å². The van der Waals surface area contributed by atoms with E-state index < -0.39 is 5.82 Å². The first-order valence-corrected chi connectivity index (χ1v) is 5.05. The Balaban J connectivity index is 2.95. The van der Waals surface area contributed by atoms with Gasteiger partial charge >= 0.3 is 0 Å². The first kappa shape index (κ1) is 12.4. The molecule has 0 aromatic heterocycles. The number of benzene rings is 1. The highest BCUT2D eigenvalue weighted by atomic mass is 19.1. The smallest absolute Gasteiger partial charge is 0.173 e. The third-order valence-electron chi connectivity index (χ3n) is 2.16. The number of hydrogen-bond donors (Lipinski definition) is 3. The average molecular weight is 225 g/mol. The molecule has 0 bridgehead atoms. The molecule has 5 heteroatoms. The van der Waals surface area contributed by atoms with Crippen molar-refractivity contribution < 1.29 is 9.60 Å². The Morgan fingerprint density at radius 3 is 2.81 bits per heavy atom. The lowest BCUT2D eigenvalue weighted by atomic mass is 10.1. The van der Waals surface area contributed by atoms with Crippen LogP contribution >= 0.6 is 0 Å². The van der Waals surface area contributed by atoms with Gasteiger partial charge in [0.15, 0.2) is 5.84 Å². The molecule has 0 radical (unpaired) electrons. The molecule has 0 aliphatic heterocycles. The molecule has 1 aromatic carbocycles. The second-order valence-corrected chi connectivity index (χ2v) is 3.80. The van der Waals surface area contributed by atoms with Gasteiger partial charge in [-0.1, -0.05) is 31.1 Å². The number of halogens is 1. The Bertz CT molecular complexity index is 391. The van der Waals surface area contributed by atoms with E-state index in [2.05, 4.69) is 10.5 Å². The molecule has 4 nitrogen and oxygen atoms in total. The van der Waals surface area contributed by atoms with Gasteiger partial charge in [0.25, 0.3) is 0 Å². The van der Waals surface area contributed by atoms with Crippen LogP contribution < -0.4 is 11.1 Å². The van der Waals surface area contributed by atoms with E-state index in [1.54, 1.807) is 12.1 Å². The fourth-order valence-electron chi connectivity index (χ4n) is 1.28. The zero-order valence-electron chi connectivity index (χ0n) is 9.37. The summed E-state index contributed by atoms with van der Waals surface area (Å²) >= 11 is 0. The van der Waals surface area contributed by atoms with Gasteiger partial charge in [-0.05, 0) is 6.07 Å². The third-order valence-corrected chi connectivity index (χ3v) is 2.16. The number of amidine groups is 1. The highest BCUT2D eigenvalue weighted by Gasteiger charge is 2.11. The molecule has 1 rings (SSSR count). The molecule has 88 valence electrons. The van der Waals surface area contributed by atoms with E-state index in [-0.39, 0.29) is 17.4 Å². The van der Waals surface area contributed by atoms with E-state index >= 15 is 0 Å². The summed E-state index contributed by atoms with van der Waals surface area (Å²) in [6, 6.07) is 5.09. The highest BCUT2D eigenvalue weighted by molar-refractivity contribution is 5.97. The van der Waals surface area contributed by atoms with Gasteiger partial charge in [0.2, 0.25) is 0 Å². The standard InChI is InChI=1S/C11H16FN3O/c1-7(2)14-6-8-4-3-5-9(10(8)12)11(13)15-16/h3-5,7,14,16H,6H2,1-2H3,(H2,13,15). The summed E-state index contributed by atoms with van der Waals surface area (Å²) < 4.78 is 13.8. The van der Waals surface area contributed by atoms with Crippen LogP contribution in [0.1, 0.15) is 25.0 Å². The van der Waals surface area contributed by atoms with Crippen LogP contribution in [0.15, 0.2) is 23.4 Å². The molecule has 16 heavy (non-hydrogen) atoms. The zero-order valence-corrected chi connectivity index (χ0v) is 9.37. The maximum Gasteiger partial charge on any atom is 0.173 e. The van der Waals surface area contributed by atoms with Crippen LogP contribution in [0.5, 0.6) is 0 Å². The fourth-order valence-corrected chi connectivity index (χ4v) is 1.28. The summed E-state index contributed by atoms with van der Waals surface area (Å²) in [5.41, 5.74) is 5.97. The number of hydrogen-bond acceptors (Lipinski definition) is 3. The van der Waals surface area contributed by atoms with Crippen molar-refractivity contribution in [3.05, 3.63) is 35.1 Å². The molecule has 0 saturated heterocycles. The summed E-state index contributed by atoms with van der Waals surface area (Å²) in [4.78, 5) is 0. The van der Waals surface area contributed by atoms with Gasteiger partial charge in [0, 0.05) is 18.2 Å². The Kier molecular flexibility index (Phi) is 4.25. The lowest BCUT2D eigenvalue weighted by Gasteiger charge is -2.10. The van der Waals surface area contributed by atoms with Gasteiger partial charge in [-0.3, -0.25) is 0 Å². The summed E-state index contributed by atoms with van der Waals surface area (Å²) in [7, 11) is 0. The summed E-state index contributed by atoms with van der Waals surface area (Å²) in [5.74, 6) is -0.671. The molecule has 0 fully saturated rings. The van der Waals surface area contributed by atoms with Crippen LogP contribution in [0.25, 0.3) is 0 Å². The number of oxime groups is 1. The second-order valence-electron chi connectivity index (χ2n) is 3.80. The molecule has 0 unspecified atom stereocenters. The third kappa shape index (κ3) is 2.93. The van der Waals surface area contributed by atoms with Crippen LogP contribution in [0.2, 0.25) is 0 Å². The minimum Gasteiger partial charge on any atom is -0.409 e. The van der Waals surface area contributed by atoms with Crippen molar-refractivity contribution >= 4 is 5.84 Å². The van der Waals surface area contributed by atoms with Crippen LogP contribution in [0, 0.1) is 5.82 Å². The van der Waals surface area contributed by atoms with Crippen molar-refractivity contribution in [2.45, 2.75) is 26.4 Å². The van der Waals surface area contributed by atoms with Gasteiger partial charge in [-0.2, -0.15) is 0 Å². The topological polar surface area (TPSA) is 70.6 Å². The van der Waals surface area contributed by atoms with E-state index in [0.717, 1.165) is 0 Å². The lowest BCUT2D eigenvalue weighted by molar-refractivity contribution is 0.318. The average Bonchev–Trinajstić information content (AvgIpc) is 2.26. The molecule has 0 saturated carbocycles. The normalized spacial score (nSPS) is 12.1. The monoisotopic (exact) mass is 225 g/mol. The van der Waals surface area contributed by atoms with Crippen LogP contribution in [0.4, 0.5) is 4.39 Å². The molecule has 1 aromatic rings. The predicted molar refractivity (Wildman–Crippen MR) is 60.9 cm³/mol. The number of nitrogens with two attached hydrogens (primary N) is 1. The summed E-state index contributed by atoms with van der Waals surface area (Å²) in [5, 5.41) is 14.4. The molecule has 0 spiro atoms. The van der Waals surface area contributed by atoms with E-state index in [1.165, 1.54) is 6.07 Å². The zero-order chi connectivity index (χ0) is 12.1. The van der Waals surface area contributed by atoms with Gasteiger partial charge in [-0.15, -0.1) is 0 Å². The second kappa shape index (κ2) is 5.46. The fraction of sp³-hybridized carbons (Fsp3) is 0.364. The van der Waals surface area contributed by atoms with E-state index in [9.17, 15) is 4.39 Å². The van der Waals surface area contributed by atoms with Crippen LogP contribution in [-0.2, 0) is 6.54 Å². The maximum atomic E-state index is 13.8. The quantitative estimate of drug-likeness (QED) is 0.314. The van der Waals surface area contributed by atoms with Gasteiger partial charge in [-0.25, -0.2) is 4.39 Å². The number of nitrogens with one attached hydrogen (secondary N) is 1. The van der Waals surface area contributed by atoms with Crippen molar-refractivity contribution in [2.75, 3.05) is 0 Å². The van der Waals surface area contributed by atoms with Gasteiger partial charge in [0.1, 0.15) is 5.82 Å². The maximum absolute atomic E-state index is 13.8. The molecule has 0 aliphatic carbocycles. The van der Waals surface area contributed by atoms with E-state index in [1.807, 2.05) is 13.8 Å². The molecular formula is C11H16FN3O. The Morgan fingerprint density at radius 2 is 2.25 bits per heavy atom. The van der Waals surface area contributed by atoms with Crippen LogP contribution in [-0.4, -0.2) is 17.1 Å². The summed E-state index contributed by atoms with van der Waals surface area (Å²) in [6.07, 6.45) is 0. The molecule has 0 aliphatic rings. The SMILES string of the molecule is CC(C)NCc1cccc(/C(N)=N/O)c1F. The highest BCUT2D eigenvalue weighted by Crippen LogP contribution is 2.12. The minimum atomic E-state index is -0.453. The first-order valence-electron chi connectivity index (χ1n) is 5.05. The molecule has 0 atom stereocenters. The summed E-state index contributed by atoms with van der Waals surface area (Å²) in [6.45, 7) is 4.37. The van der Waals surface area contributed by atoms with Crippen molar-refractivity contribution in [3.8, 4) is 0 Å². The Morgan fingerprint density at radius 1 is 1.56 bits per heavy atom. The Labute approximate surface area is 94.0 Å². The van der Waals surface area contributed by atoms with Gasteiger partial charge < -0.3 is 16.3 Å². The molecule has 0 amide bonds. The molecule has 0 heterocycles. The van der Waals surface area contributed by atoms with E-state index in [0.29, 0.717) is 12.1 Å². The van der Waals surface area contributed by atoms with Crippen molar-refractivity contribution in [1.82, 2.24) is 5.32 Å². The van der Waals surface area contributed by atoms with E-state index in [4.69, 9.17) is 10.9 Å². The van der Waals surface area contributed by atoms with Crippen molar-refractivity contribution in [2.24, 2.45) is 10.9 Å². The van der Waals surface area contributed by atoms with Gasteiger partial charge in [0.05, 0.1) is 5.56 Å². The predicted octanol–water partition coefficient (Wildman–Crippen LogP) is 1.42. The Hall–Kier alpha value is -1.62. The molecular weight excluding hydrogens is 209 g/mol. The molecule has 4 N–H and O–H groups in total. The van der Waals surface area contributed by atoms with Crippen molar-refractivity contribution in [1.29, 1.82) is 0 Å². The number of rotatable bonds is 4. The number of nitrogens with zero attached hydrogens (tertiary/aromatic N) is 1. The largest absolute Gasteiger partial charge is 0.409 e. The lowest BCUT2D eigenvalue weighted by Crippen LogP contribution is -2.23. The van der Waals surface area contributed by atoms with Crippen LogP contribution in [0.3, 0.4) is 0 Å². The minimum absolute atomic E-state index is 0.116. The first-order chi connectivity index (χ1) is 7.56.